The minimum absolute atomic E-state index is 0.110. The first-order valence-electron chi connectivity index (χ1n) is 7.53. The van der Waals surface area contributed by atoms with Gasteiger partial charge in [0.2, 0.25) is 0 Å². The van der Waals surface area contributed by atoms with Gasteiger partial charge in [-0.3, -0.25) is 4.90 Å². The topological polar surface area (TPSA) is 26.7 Å². The number of nitrogens with zero attached hydrogens (tertiary/aromatic N) is 2. The molecule has 0 saturated heterocycles. The summed E-state index contributed by atoms with van der Waals surface area (Å²) in [5.74, 6) is 0.110. The fourth-order valence-corrected chi connectivity index (χ4v) is 2.91. The van der Waals surface area contributed by atoms with Crippen LogP contribution in [0, 0.1) is 0 Å². The summed E-state index contributed by atoms with van der Waals surface area (Å²) in [5.41, 5.74) is 1.98. The Morgan fingerprint density at radius 2 is 1.65 bits per heavy atom. The van der Waals surface area contributed by atoms with Crippen molar-refractivity contribution >= 4 is 23.2 Å². The summed E-state index contributed by atoms with van der Waals surface area (Å²) in [6, 6.07) is 13.6. The first-order valence-corrected chi connectivity index (χ1v) is 8.29. The predicted octanol–water partition coefficient (Wildman–Crippen LogP) is 4.26. The van der Waals surface area contributed by atoms with Gasteiger partial charge in [-0.2, -0.15) is 0 Å². The Morgan fingerprint density at radius 1 is 0.957 bits per heavy atom. The lowest BCUT2D eigenvalue weighted by molar-refractivity contribution is 0.224. The second kappa shape index (κ2) is 8.55. The van der Waals surface area contributed by atoms with Crippen LogP contribution >= 0.6 is 23.2 Å². The van der Waals surface area contributed by atoms with E-state index in [1.165, 1.54) is 5.56 Å². The summed E-state index contributed by atoms with van der Waals surface area (Å²) >= 11 is 12.1. The number of aromatic hydroxyl groups is 1. The molecule has 5 heteroatoms. The molecule has 1 N–H and O–H groups in total. The fourth-order valence-electron chi connectivity index (χ4n) is 2.38. The maximum atomic E-state index is 10.2. The molecule has 2 rings (SSSR count). The molecule has 0 amide bonds. The zero-order valence-corrected chi connectivity index (χ0v) is 15.0. The van der Waals surface area contributed by atoms with Crippen LogP contribution in [0.1, 0.15) is 11.1 Å². The number of hydrogen-bond donors (Lipinski definition) is 1. The third-order valence-electron chi connectivity index (χ3n) is 3.61. The van der Waals surface area contributed by atoms with E-state index in [1.54, 1.807) is 12.1 Å². The summed E-state index contributed by atoms with van der Waals surface area (Å²) in [4.78, 5) is 4.42. The van der Waals surface area contributed by atoms with Crippen molar-refractivity contribution in [3.8, 4) is 5.75 Å². The molecule has 0 aliphatic rings. The number of halogens is 2. The molecule has 0 unspecified atom stereocenters. The average molecular weight is 353 g/mol. The molecule has 2 aromatic rings. The van der Waals surface area contributed by atoms with Crippen LogP contribution in [0.5, 0.6) is 5.75 Å². The lowest BCUT2D eigenvalue weighted by Gasteiger charge is -2.25. The van der Waals surface area contributed by atoms with Crippen LogP contribution in [0.4, 0.5) is 0 Å². The molecule has 0 fully saturated rings. The number of hydrogen-bond acceptors (Lipinski definition) is 3. The van der Waals surface area contributed by atoms with Crippen LogP contribution in [-0.2, 0) is 13.1 Å². The Labute approximate surface area is 148 Å². The summed E-state index contributed by atoms with van der Waals surface area (Å²) in [5, 5.41) is 11.0. The molecule has 2 aromatic carbocycles. The molecule has 0 radical (unpaired) electrons. The normalized spacial score (nSPS) is 11.4. The first-order chi connectivity index (χ1) is 11.0. The van der Waals surface area contributed by atoms with Gasteiger partial charge < -0.3 is 10.0 Å². The van der Waals surface area contributed by atoms with Crippen molar-refractivity contribution in [1.82, 2.24) is 9.80 Å². The van der Waals surface area contributed by atoms with Gasteiger partial charge in [-0.1, -0.05) is 53.5 Å². The van der Waals surface area contributed by atoms with Gasteiger partial charge in [0.1, 0.15) is 5.75 Å². The van der Waals surface area contributed by atoms with E-state index in [0.29, 0.717) is 16.6 Å². The maximum Gasteiger partial charge on any atom is 0.138 e. The monoisotopic (exact) mass is 352 g/mol. The van der Waals surface area contributed by atoms with Gasteiger partial charge in [0.25, 0.3) is 0 Å². The highest BCUT2D eigenvalue weighted by Crippen LogP contribution is 2.32. The number of phenols is 1. The Bertz CT molecular complexity index is 632. The summed E-state index contributed by atoms with van der Waals surface area (Å²) < 4.78 is 0. The van der Waals surface area contributed by atoms with Crippen molar-refractivity contribution in [2.75, 3.05) is 27.2 Å². The van der Waals surface area contributed by atoms with E-state index in [2.05, 4.69) is 36.0 Å². The largest absolute Gasteiger partial charge is 0.506 e. The zero-order valence-electron chi connectivity index (χ0n) is 13.5. The van der Waals surface area contributed by atoms with Crippen molar-refractivity contribution < 1.29 is 5.11 Å². The van der Waals surface area contributed by atoms with E-state index >= 15 is 0 Å². The van der Waals surface area contributed by atoms with Crippen molar-refractivity contribution in [3.05, 3.63) is 63.6 Å². The van der Waals surface area contributed by atoms with Gasteiger partial charge in [0.05, 0.1) is 5.02 Å². The Morgan fingerprint density at radius 3 is 2.30 bits per heavy atom. The van der Waals surface area contributed by atoms with Crippen LogP contribution in [0.25, 0.3) is 0 Å². The smallest absolute Gasteiger partial charge is 0.138 e. The highest BCUT2D eigenvalue weighted by Gasteiger charge is 2.13. The first kappa shape index (κ1) is 18.1. The van der Waals surface area contributed by atoms with Gasteiger partial charge in [-0.05, 0) is 31.8 Å². The molecule has 0 bridgehead atoms. The van der Waals surface area contributed by atoms with Gasteiger partial charge >= 0.3 is 0 Å². The lowest BCUT2D eigenvalue weighted by Crippen LogP contribution is -2.31. The third kappa shape index (κ3) is 5.70. The second-order valence-electron chi connectivity index (χ2n) is 5.89. The fraction of sp³-hybridized carbons (Fsp3) is 0.333. The van der Waals surface area contributed by atoms with Gasteiger partial charge in [0, 0.05) is 36.8 Å². The van der Waals surface area contributed by atoms with E-state index in [4.69, 9.17) is 23.2 Å². The SMILES string of the molecule is CN(C)CCN(Cc1ccccc1)Cc1cc(Cl)cc(Cl)c1O. The highest BCUT2D eigenvalue weighted by molar-refractivity contribution is 6.35. The average Bonchev–Trinajstić information content (AvgIpc) is 2.50. The predicted molar refractivity (Wildman–Crippen MR) is 97.2 cm³/mol. The van der Waals surface area contributed by atoms with Gasteiger partial charge in [-0.15, -0.1) is 0 Å². The van der Waals surface area contributed by atoms with E-state index in [-0.39, 0.29) is 5.75 Å². The standard InChI is InChI=1S/C18H22Cl2N2O/c1-21(2)8-9-22(12-14-6-4-3-5-7-14)13-15-10-16(19)11-17(20)18(15)23/h3-7,10-11,23H,8-9,12-13H2,1-2H3. The van der Waals surface area contributed by atoms with Gasteiger partial charge in [0.15, 0.2) is 0 Å². The summed E-state index contributed by atoms with van der Waals surface area (Å²) in [6.45, 7) is 3.21. The molecular weight excluding hydrogens is 331 g/mol. The van der Waals surface area contributed by atoms with Crippen molar-refractivity contribution in [2.45, 2.75) is 13.1 Å². The number of rotatable bonds is 7. The van der Waals surface area contributed by atoms with E-state index in [1.807, 2.05) is 18.2 Å². The van der Waals surface area contributed by atoms with Crippen LogP contribution in [0.3, 0.4) is 0 Å². The third-order valence-corrected chi connectivity index (χ3v) is 4.12. The van der Waals surface area contributed by atoms with Crippen LogP contribution in [0.2, 0.25) is 10.0 Å². The molecule has 0 atom stereocenters. The summed E-state index contributed by atoms with van der Waals surface area (Å²) in [7, 11) is 4.10. The van der Waals surface area contributed by atoms with Gasteiger partial charge in [-0.25, -0.2) is 0 Å². The molecule has 124 valence electrons. The van der Waals surface area contributed by atoms with Crippen molar-refractivity contribution in [1.29, 1.82) is 0 Å². The molecule has 3 nitrogen and oxygen atoms in total. The Balaban J connectivity index is 2.17. The molecule has 0 spiro atoms. The van der Waals surface area contributed by atoms with Crippen molar-refractivity contribution in [3.63, 3.8) is 0 Å². The number of phenolic OH excluding ortho intramolecular Hbond substituents is 1. The molecule has 0 saturated carbocycles. The maximum absolute atomic E-state index is 10.2. The second-order valence-corrected chi connectivity index (χ2v) is 6.74. The molecule has 0 heterocycles. The van der Waals surface area contributed by atoms with Crippen LogP contribution < -0.4 is 0 Å². The zero-order chi connectivity index (χ0) is 16.8. The van der Waals surface area contributed by atoms with E-state index < -0.39 is 0 Å². The molecule has 23 heavy (non-hydrogen) atoms. The molecule has 0 aliphatic heterocycles. The molecule has 0 aliphatic carbocycles. The van der Waals surface area contributed by atoms with Crippen LogP contribution in [-0.4, -0.2) is 42.1 Å². The minimum atomic E-state index is 0.110. The summed E-state index contributed by atoms with van der Waals surface area (Å²) in [6.07, 6.45) is 0. The highest BCUT2D eigenvalue weighted by atomic mass is 35.5. The van der Waals surface area contributed by atoms with Crippen LogP contribution in [0.15, 0.2) is 42.5 Å². The molecule has 0 aromatic heterocycles. The Hall–Kier alpha value is -1.26. The van der Waals surface area contributed by atoms with Crippen molar-refractivity contribution in [2.24, 2.45) is 0 Å². The number of benzene rings is 2. The minimum Gasteiger partial charge on any atom is -0.506 e. The Kier molecular flexibility index (Phi) is 6.72. The number of likely N-dealkylation sites (N-methyl/N-ethyl adjacent to an activating group) is 1. The molecular formula is C18H22Cl2N2O. The quantitative estimate of drug-likeness (QED) is 0.806. The lowest BCUT2D eigenvalue weighted by atomic mass is 10.1. The van der Waals surface area contributed by atoms with E-state index in [0.717, 1.165) is 25.2 Å². The van der Waals surface area contributed by atoms with E-state index in [9.17, 15) is 5.11 Å².